The van der Waals surface area contributed by atoms with Crippen LogP contribution in [-0.4, -0.2) is 19.5 Å². The molecular weight excluding hydrogens is 536 g/mol. The summed E-state index contributed by atoms with van der Waals surface area (Å²) < 4.78 is 2.22. The molecule has 0 spiro atoms. The first-order valence-electron chi connectivity index (χ1n) is 15.0. The summed E-state index contributed by atoms with van der Waals surface area (Å²) in [5, 5.41) is 4.92. The Labute approximate surface area is 255 Å². The highest BCUT2D eigenvalue weighted by Crippen LogP contribution is 2.52. The minimum absolute atomic E-state index is 0.125. The third-order valence-corrected chi connectivity index (χ3v) is 9.22. The van der Waals surface area contributed by atoms with Gasteiger partial charge in [0.2, 0.25) is 5.95 Å². The van der Waals surface area contributed by atoms with Crippen LogP contribution in [-0.2, 0) is 5.41 Å². The Morgan fingerprint density at radius 3 is 1.70 bits per heavy atom. The number of fused-ring (bicyclic) bond motifs is 7. The van der Waals surface area contributed by atoms with Crippen molar-refractivity contribution in [2.24, 2.45) is 0 Å². The van der Waals surface area contributed by atoms with E-state index in [1.165, 1.54) is 43.8 Å². The zero-order valence-electron chi connectivity index (χ0n) is 24.5. The zero-order valence-corrected chi connectivity index (χ0v) is 24.5. The van der Waals surface area contributed by atoms with Crippen LogP contribution in [0.3, 0.4) is 0 Å². The van der Waals surface area contributed by atoms with E-state index in [1.807, 2.05) is 36.4 Å². The number of nitrogens with zero attached hydrogens (tertiary/aromatic N) is 4. The molecule has 2 heterocycles. The van der Waals surface area contributed by atoms with E-state index >= 15 is 0 Å². The van der Waals surface area contributed by atoms with Gasteiger partial charge in [-0.2, -0.15) is 9.97 Å². The second kappa shape index (κ2) is 9.19. The Balaban J connectivity index is 1.37. The molecule has 9 rings (SSSR count). The first-order chi connectivity index (χ1) is 21.6. The van der Waals surface area contributed by atoms with Gasteiger partial charge in [-0.1, -0.05) is 117 Å². The Morgan fingerprint density at radius 1 is 0.477 bits per heavy atom. The van der Waals surface area contributed by atoms with E-state index in [2.05, 4.69) is 115 Å². The molecule has 0 amide bonds. The maximum atomic E-state index is 5.12. The highest BCUT2D eigenvalue weighted by molar-refractivity contribution is 6.11. The lowest BCUT2D eigenvalue weighted by Gasteiger charge is -2.22. The van der Waals surface area contributed by atoms with Gasteiger partial charge < -0.3 is 0 Å². The molecule has 8 aromatic rings. The summed E-state index contributed by atoms with van der Waals surface area (Å²) in [6.07, 6.45) is 0. The smallest absolute Gasteiger partial charge is 0.238 e. The number of benzene rings is 6. The van der Waals surface area contributed by atoms with Gasteiger partial charge in [0.1, 0.15) is 0 Å². The van der Waals surface area contributed by atoms with Crippen molar-refractivity contribution in [2.75, 3.05) is 0 Å². The van der Waals surface area contributed by atoms with Gasteiger partial charge in [0, 0.05) is 27.3 Å². The predicted octanol–water partition coefficient (Wildman–Crippen LogP) is 9.76. The molecule has 0 unspecified atom stereocenters. The minimum atomic E-state index is -0.125. The fourth-order valence-corrected chi connectivity index (χ4v) is 6.99. The lowest BCUT2D eigenvalue weighted by Crippen LogP contribution is -2.15. The van der Waals surface area contributed by atoms with Gasteiger partial charge in [0.25, 0.3) is 0 Å². The fourth-order valence-electron chi connectivity index (χ4n) is 6.99. The summed E-state index contributed by atoms with van der Waals surface area (Å²) in [6.45, 7) is 4.70. The van der Waals surface area contributed by atoms with Crippen LogP contribution < -0.4 is 0 Å². The molecule has 0 saturated carbocycles. The van der Waals surface area contributed by atoms with Crippen molar-refractivity contribution in [3.05, 3.63) is 145 Å². The number of aromatic nitrogens is 4. The van der Waals surface area contributed by atoms with Crippen LogP contribution in [0.25, 0.3) is 72.4 Å². The Morgan fingerprint density at radius 2 is 1.02 bits per heavy atom. The summed E-state index contributed by atoms with van der Waals surface area (Å²) in [4.78, 5) is 15.2. The van der Waals surface area contributed by atoms with Crippen molar-refractivity contribution < 1.29 is 0 Å². The van der Waals surface area contributed by atoms with Crippen LogP contribution in [0.5, 0.6) is 0 Å². The van der Waals surface area contributed by atoms with Crippen LogP contribution in [0.1, 0.15) is 25.0 Å². The molecule has 4 nitrogen and oxygen atoms in total. The summed E-state index contributed by atoms with van der Waals surface area (Å²) in [7, 11) is 0. The van der Waals surface area contributed by atoms with E-state index in [9.17, 15) is 0 Å². The predicted molar refractivity (Wildman–Crippen MR) is 180 cm³/mol. The molecule has 0 bridgehead atoms. The average molecular weight is 565 g/mol. The summed E-state index contributed by atoms with van der Waals surface area (Å²) >= 11 is 0. The van der Waals surface area contributed by atoms with Gasteiger partial charge in [0.15, 0.2) is 11.6 Å². The number of rotatable bonds is 3. The second-order valence-corrected chi connectivity index (χ2v) is 12.2. The molecule has 1 aliphatic rings. The highest BCUT2D eigenvalue weighted by Gasteiger charge is 2.37. The zero-order chi connectivity index (χ0) is 29.4. The van der Waals surface area contributed by atoms with E-state index in [1.54, 1.807) is 0 Å². The third-order valence-electron chi connectivity index (χ3n) is 9.22. The Kier molecular flexibility index (Phi) is 5.21. The molecule has 1 aliphatic carbocycles. The van der Waals surface area contributed by atoms with E-state index in [-0.39, 0.29) is 5.41 Å². The van der Waals surface area contributed by atoms with Crippen LogP contribution in [0.2, 0.25) is 0 Å². The van der Waals surface area contributed by atoms with Gasteiger partial charge in [-0.3, -0.25) is 4.57 Å². The summed E-state index contributed by atoms with van der Waals surface area (Å²) in [5.41, 5.74) is 9.24. The van der Waals surface area contributed by atoms with Crippen molar-refractivity contribution in [2.45, 2.75) is 19.3 Å². The van der Waals surface area contributed by atoms with Gasteiger partial charge in [-0.15, -0.1) is 0 Å². The van der Waals surface area contributed by atoms with Crippen LogP contribution in [0.4, 0.5) is 0 Å². The highest BCUT2D eigenvalue weighted by atomic mass is 15.2. The van der Waals surface area contributed by atoms with Crippen molar-refractivity contribution in [3.8, 4) is 39.9 Å². The van der Waals surface area contributed by atoms with E-state index < -0.39 is 0 Å². The van der Waals surface area contributed by atoms with Crippen molar-refractivity contribution >= 4 is 32.6 Å². The quantitative estimate of drug-likeness (QED) is 0.215. The van der Waals surface area contributed by atoms with Gasteiger partial charge >= 0.3 is 0 Å². The molecule has 0 fully saturated rings. The first kappa shape index (κ1) is 24.9. The van der Waals surface area contributed by atoms with Crippen LogP contribution in [0.15, 0.2) is 133 Å². The number of para-hydroxylation sites is 1. The van der Waals surface area contributed by atoms with Crippen LogP contribution >= 0.6 is 0 Å². The fraction of sp³-hybridized carbons (Fsp3) is 0.0750. The lowest BCUT2D eigenvalue weighted by molar-refractivity contribution is 0.662. The minimum Gasteiger partial charge on any atom is -0.278 e. The van der Waals surface area contributed by atoms with Crippen molar-refractivity contribution in [1.82, 2.24) is 19.5 Å². The van der Waals surface area contributed by atoms with E-state index in [0.717, 1.165) is 22.2 Å². The molecule has 208 valence electrons. The molecule has 0 radical (unpaired) electrons. The van der Waals surface area contributed by atoms with E-state index in [4.69, 9.17) is 15.0 Å². The third kappa shape index (κ3) is 3.61. The monoisotopic (exact) mass is 564 g/mol. The molecule has 44 heavy (non-hydrogen) atoms. The maximum Gasteiger partial charge on any atom is 0.238 e. The van der Waals surface area contributed by atoms with Crippen molar-refractivity contribution in [3.63, 3.8) is 0 Å². The molecule has 2 aromatic heterocycles. The Bertz CT molecular complexity index is 2350. The molecule has 0 aliphatic heterocycles. The molecule has 4 heteroatoms. The van der Waals surface area contributed by atoms with Gasteiger partial charge in [-0.25, -0.2) is 4.98 Å². The Hall–Kier alpha value is -5.61. The standard InChI is InChI=1S/C40H28N4/c1-40(2)33-22-28-18-10-9-17-27(28)21-30(33)31-24-36-32(23-34(31)40)29-19-11-12-20-35(29)44(36)39-42-37(25-13-5-3-6-14-25)41-38(43-39)26-15-7-4-8-16-26/h3-24H,1-2H3. The largest absolute Gasteiger partial charge is 0.278 e. The van der Waals surface area contributed by atoms with Crippen molar-refractivity contribution in [1.29, 1.82) is 0 Å². The molecular formula is C40H28N4. The SMILES string of the molecule is CC1(C)c2cc3ccccc3cc2-c2cc3c(cc21)c1ccccc1n3-c1nc(-c2ccccc2)nc(-c2ccccc2)n1. The number of hydrogen-bond acceptors (Lipinski definition) is 3. The van der Waals surface area contributed by atoms with Crippen LogP contribution in [0, 0.1) is 0 Å². The molecule has 0 atom stereocenters. The van der Waals surface area contributed by atoms with E-state index in [0.29, 0.717) is 17.6 Å². The first-order valence-corrected chi connectivity index (χ1v) is 15.0. The molecule has 6 aromatic carbocycles. The average Bonchev–Trinajstić information content (AvgIpc) is 3.51. The number of hydrogen-bond donors (Lipinski definition) is 0. The molecule has 0 saturated heterocycles. The van der Waals surface area contributed by atoms with Gasteiger partial charge in [0.05, 0.1) is 11.0 Å². The molecule has 0 N–H and O–H groups in total. The maximum absolute atomic E-state index is 5.12. The van der Waals surface area contributed by atoms with Gasteiger partial charge in [-0.05, 0) is 63.4 Å². The second-order valence-electron chi connectivity index (χ2n) is 12.2. The topological polar surface area (TPSA) is 43.6 Å². The normalized spacial score (nSPS) is 13.4. The summed E-state index contributed by atoms with van der Waals surface area (Å²) in [6, 6.07) is 47.1. The lowest BCUT2D eigenvalue weighted by atomic mass is 9.81. The summed E-state index contributed by atoms with van der Waals surface area (Å²) in [5.74, 6) is 1.92.